The van der Waals surface area contributed by atoms with E-state index >= 15 is 0 Å². The Balaban J connectivity index is 1.64. The zero-order valence-corrected chi connectivity index (χ0v) is 12.7. The van der Waals surface area contributed by atoms with Gasteiger partial charge in [0.1, 0.15) is 5.75 Å². The first-order chi connectivity index (χ1) is 9.66. The van der Waals surface area contributed by atoms with Gasteiger partial charge in [-0.2, -0.15) is 0 Å². The van der Waals surface area contributed by atoms with E-state index in [4.69, 9.17) is 10.5 Å². The molecule has 1 heterocycles. The second-order valence-electron chi connectivity index (χ2n) is 5.75. The van der Waals surface area contributed by atoms with Gasteiger partial charge in [0, 0.05) is 12.6 Å². The summed E-state index contributed by atoms with van der Waals surface area (Å²) in [5.41, 5.74) is 6.57. The normalized spacial score (nSPS) is 17.6. The van der Waals surface area contributed by atoms with E-state index in [1.807, 2.05) is 24.3 Å². The number of likely N-dealkylation sites (tertiary alicyclic amines) is 1. The molecule has 20 heavy (non-hydrogen) atoms. The fraction of sp³-hybridized carbons (Fsp3) is 0.625. The minimum atomic E-state index is 0.719. The van der Waals surface area contributed by atoms with Crippen LogP contribution in [0.4, 0.5) is 5.69 Å². The van der Waals surface area contributed by atoms with Crippen LogP contribution in [0, 0.1) is 0 Å². The summed E-state index contributed by atoms with van der Waals surface area (Å²) in [5.74, 6) is 0.800. The highest BCUT2D eigenvalue weighted by molar-refractivity contribution is 5.51. The van der Waals surface area contributed by atoms with Gasteiger partial charge in [0.05, 0.1) is 12.3 Å². The molecule has 0 unspecified atom stereocenters. The summed E-state index contributed by atoms with van der Waals surface area (Å²) in [7, 11) is 4.43. The van der Waals surface area contributed by atoms with Crippen molar-refractivity contribution in [2.24, 2.45) is 0 Å². The average molecular weight is 277 g/mol. The van der Waals surface area contributed by atoms with Crippen LogP contribution in [-0.4, -0.2) is 56.2 Å². The van der Waals surface area contributed by atoms with Gasteiger partial charge in [-0.3, -0.25) is 0 Å². The number of nitrogen functional groups attached to an aromatic ring is 1. The molecule has 0 saturated carbocycles. The molecule has 1 aromatic rings. The number of nitrogens with zero attached hydrogens (tertiary/aromatic N) is 2. The third-order valence-electron chi connectivity index (χ3n) is 4.14. The number of hydrogen-bond acceptors (Lipinski definition) is 4. The summed E-state index contributed by atoms with van der Waals surface area (Å²) in [6.07, 6.45) is 3.59. The van der Waals surface area contributed by atoms with Crippen LogP contribution >= 0.6 is 0 Å². The van der Waals surface area contributed by atoms with Crippen molar-refractivity contribution in [1.82, 2.24) is 9.80 Å². The highest BCUT2D eigenvalue weighted by atomic mass is 16.5. The van der Waals surface area contributed by atoms with Crippen LogP contribution in [0.5, 0.6) is 5.75 Å². The fourth-order valence-corrected chi connectivity index (χ4v) is 2.73. The van der Waals surface area contributed by atoms with Gasteiger partial charge in [-0.1, -0.05) is 12.1 Å². The number of benzene rings is 1. The van der Waals surface area contributed by atoms with Crippen LogP contribution in [0.2, 0.25) is 0 Å². The quantitative estimate of drug-likeness (QED) is 0.638. The van der Waals surface area contributed by atoms with Crippen LogP contribution in [0.25, 0.3) is 0 Å². The number of ether oxygens (including phenoxy) is 1. The van der Waals surface area contributed by atoms with Crippen LogP contribution in [-0.2, 0) is 0 Å². The molecule has 0 radical (unpaired) electrons. The van der Waals surface area contributed by atoms with E-state index in [-0.39, 0.29) is 0 Å². The summed E-state index contributed by atoms with van der Waals surface area (Å²) in [6, 6.07) is 8.41. The minimum Gasteiger partial charge on any atom is -0.491 e. The number of nitrogens with two attached hydrogens (primary N) is 1. The third kappa shape index (κ3) is 4.39. The predicted octanol–water partition coefficient (Wildman–Crippen LogP) is 2.06. The van der Waals surface area contributed by atoms with E-state index in [9.17, 15) is 0 Å². The smallest absolute Gasteiger partial charge is 0.142 e. The molecule has 1 aliphatic rings. The van der Waals surface area contributed by atoms with E-state index in [0.717, 1.165) is 37.1 Å². The van der Waals surface area contributed by atoms with Crippen molar-refractivity contribution >= 4 is 5.69 Å². The van der Waals surface area contributed by atoms with E-state index in [1.54, 1.807) is 0 Å². The maximum absolute atomic E-state index is 5.85. The molecule has 0 aromatic heterocycles. The molecule has 2 rings (SSSR count). The van der Waals surface area contributed by atoms with Gasteiger partial charge in [-0.05, 0) is 58.6 Å². The monoisotopic (exact) mass is 277 g/mol. The Morgan fingerprint density at radius 3 is 2.70 bits per heavy atom. The van der Waals surface area contributed by atoms with Gasteiger partial charge in [0.25, 0.3) is 0 Å². The Kier molecular flexibility index (Phi) is 5.68. The van der Waals surface area contributed by atoms with Crippen LogP contribution in [0.15, 0.2) is 24.3 Å². The van der Waals surface area contributed by atoms with Crippen LogP contribution in [0.3, 0.4) is 0 Å². The van der Waals surface area contributed by atoms with Gasteiger partial charge < -0.3 is 20.3 Å². The summed E-state index contributed by atoms with van der Waals surface area (Å²) < 4.78 is 5.73. The second kappa shape index (κ2) is 7.50. The van der Waals surface area contributed by atoms with Crippen LogP contribution < -0.4 is 10.5 Å². The zero-order chi connectivity index (χ0) is 14.4. The Morgan fingerprint density at radius 2 is 2.00 bits per heavy atom. The summed E-state index contributed by atoms with van der Waals surface area (Å²) in [4.78, 5) is 4.89. The van der Waals surface area contributed by atoms with E-state index in [1.165, 1.54) is 25.9 Å². The standard InChI is InChI=1S/C16H27N3O/c1-18-11-8-14(9-12-18)19(2)10-5-13-20-16-7-4-3-6-15(16)17/h3-4,6-7,14H,5,8-13,17H2,1-2H3. The third-order valence-corrected chi connectivity index (χ3v) is 4.14. The van der Waals surface area contributed by atoms with Crippen molar-refractivity contribution in [3.05, 3.63) is 24.3 Å². The number of hydrogen-bond donors (Lipinski definition) is 1. The lowest BCUT2D eigenvalue weighted by Gasteiger charge is -2.35. The molecule has 0 spiro atoms. The molecular weight excluding hydrogens is 250 g/mol. The molecule has 4 nitrogen and oxygen atoms in total. The Labute approximate surface area is 122 Å². The molecule has 1 saturated heterocycles. The summed E-state index contributed by atoms with van der Waals surface area (Å²) >= 11 is 0. The van der Waals surface area contributed by atoms with E-state index < -0.39 is 0 Å². The fourth-order valence-electron chi connectivity index (χ4n) is 2.73. The molecule has 112 valence electrons. The van der Waals surface area contributed by atoms with Crippen molar-refractivity contribution in [3.8, 4) is 5.75 Å². The predicted molar refractivity (Wildman–Crippen MR) is 84.1 cm³/mol. The number of para-hydroxylation sites is 2. The lowest BCUT2D eigenvalue weighted by molar-refractivity contribution is 0.137. The lowest BCUT2D eigenvalue weighted by Crippen LogP contribution is -2.42. The Hall–Kier alpha value is -1.26. The number of rotatable bonds is 6. The molecule has 2 N–H and O–H groups in total. The minimum absolute atomic E-state index is 0.719. The first-order valence-electron chi connectivity index (χ1n) is 7.53. The molecular formula is C16H27N3O. The number of piperidine rings is 1. The van der Waals surface area contributed by atoms with Gasteiger partial charge in [0.15, 0.2) is 0 Å². The highest BCUT2D eigenvalue weighted by Crippen LogP contribution is 2.20. The highest BCUT2D eigenvalue weighted by Gasteiger charge is 2.19. The van der Waals surface area contributed by atoms with E-state index in [0.29, 0.717) is 0 Å². The average Bonchev–Trinajstić information content (AvgIpc) is 2.46. The van der Waals surface area contributed by atoms with Crippen molar-refractivity contribution in [1.29, 1.82) is 0 Å². The van der Waals surface area contributed by atoms with Gasteiger partial charge in [-0.25, -0.2) is 0 Å². The van der Waals surface area contributed by atoms with Crippen molar-refractivity contribution < 1.29 is 4.74 Å². The first kappa shape index (κ1) is 15.1. The Bertz CT molecular complexity index is 402. The number of anilines is 1. The first-order valence-corrected chi connectivity index (χ1v) is 7.53. The van der Waals surface area contributed by atoms with Gasteiger partial charge in [-0.15, -0.1) is 0 Å². The van der Waals surface area contributed by atoms with Crippen molar-refractivity contribution in [2.75, 3.05) is 46.1 Å². The van der Waals surface area contributed by atoms with E-state index in [2.05, 4.69) is 23.9 Å². The molecule has 0 bridgehead atoms. The lowest BCUT2D eigenvalue weighted by atomic mass is 10.0. The van der Waals surface area contributed by atoms with Crippen LogP contribution in [0.1, 0.15) is 19.3 Å². The van der Waals surface area contributed by atoms with Gasteiger partial charge >= 0.3 is 0 Å². The molecule has 1 aliphatic heterocycles. The molecule has 0 aliphatic carbocycles. The topological polar surface area (TPSA) is 41.7 Å². The Morgan fingerprint density at radius 1 is 1.30 bits per heavy atom. The SMILES string of the molecule is CN1CCC(N(C)CCCOc2ccccc2N)CC1. The molecule has 4 heteroatoms. The largest absolute Gasteiger partial charge is 0.491 e. The molecule has 0 atom stereocenters. The maximum atomic E-state index is 5.85. The molecule has 0 amide bonds. The second-order valence-corrected chi connectivity index (χ2v) is 5.75. The van der Waals surface area contributed by atoms with Crippen molar-refractivity contribution in [2.45, 2.75) is 25.3 Å². The molecule has 1 aromatic carbocycles. The zero-order valence-electron chi connectivity index (χ0n) is 12.7. The van der Waals surface area contributed by atoms with Gasteiger partial charge in [0.2, 0.25) is 0 Å². The summed E-state index contributed by atoms with van der Waals surface area (Å²) in [5, 5.41) is 0. The van der Waals surface area contributed by atoms with Crippen molar-refractivity contribution in [3.63, 3.8) is 0 Å². The summed E-state index contributed by atoms with van der Waals surface area (Å²) in [6.45, 7) is 4.24. The maximum Gasteiger partial charge on any atom is 0.142 e. The molecule has 1 fully saturated rings.